The largest absolute Gasteiger partial charge is 0.438 e. The quantitative estimate of drug-likeness (QED) is 0.404. The number of aromatic nitrogens is 1. The van der Waals surface area contributed by atoms with Crippen LogP contribution in [0, 0.1) is 0 Å². The van der Waals surface area contributed by atoms with Gasteiger partial charge in [0.05, 0.1) is 22.8 Å². The smallest absolute Gasteiger partial charge is 0.411 e. The van der Waals surface area contributed by atoms with Crippen molar-refractivity contribution in [1.82, 2.24) is 15.2 Å². The Morgan fingerprint density at radius 2 is 1.77 bits per heavy atom. The number of carbonyl (C=O) groups excluding carboxylic acids is 2. The number of rotatable bonds is 8. The molecule has 2 atom stereocenters. The van der Waals surface area contributed by atoms with Gasteiger partial charge in [-0.1, -0.05) is 54.6 Å². The Balaban J connectivity index is 1.33. The number of benzene rings is 2. The van der Waals surface area contributed by atoms with Crippen LogP contribution >= 0.6 is 0 Å². The van der Waals surface area contributed by atoms with E-state index >= 15 is 0 Å². The standard InChI is InChI=1S/C32H37N3O4/c1-22(35-19-17-32(39-29(35)37,21-30(2,3)38)26-8-6-5-7-9-26)23-10-12-24(13-11-23)25-14-18-34-27(20-25)31(15-16-31)28(36)33-4/h5-14,18,20,22,38H,15-17,19,21H2,1-4H3,(H,33,36)/t22-,32-/m0/s1. The van der Waals surface area contributed by atoms with Crippen molar-refractivity contribution in [3.63, 3.8) is 0 Å². The van der Waals surface area contributed by atoms with Crippen molar-refractivity contribution in [2.75, 3.05) is 13.6 Å². The summed E-state index contributed by atoms with van der Waals surface area (Å²) >= 11 is 0. The summed E-state index contributed by atoms with van der Waals surface area (Å²) in [6.07, 6.45) is 3.91. The van der Waals surface area contributed by atoms with Crippen LogP contribution in [0.2, 0.25) is 0 Å². The zero-order valence-corrected chi connectivity index (χ0v) is 23.1. The third-order valence-electron chi connectivity index (χ3n) is 8.15. The monoisotopic (exact) mass is 527 g/mol. The molecule has 1 aliphatic carbocycles. The predicted molar refractivity (Wildman–Crippen MR) is 150 cm³/mol. The van der Waals surface area contributed by atoms with E-state index in [9.17, 15) is 14.7 Å². The molecule has 2 aliphatic rings. The molecule has 7 nitrogen and oxygen atoms in total. The summed E-state index contributed by atoms with van der Waals surface area (Å²) in [4.78, 5) is 32.1. The minimum atomic E-state index is -0.994. The molecule has 1 aliphatic heterocycles. The van der Waals surface area contributed by atoms with Crippen LogP contribution in [-0.2, 0) is 20.5 Å². The summed E-state index contributed by atoms with van der Waals surface area (Å²) in [6.45, 7) is 6.02. The molecule has 2 fully saturated rings. The first-order chi connectivity index (χ1) is 18.6. The SMILES string of the molecule is CNC(=O)C1(c2cc(-c3ccc([C@H](C)N4CC[C@](CC(C)(C)O)(c5ccccc5)OC4=O)cc3)ccn2)CC1. The van der Waals surface area contributed by atoms with Gasteiger partial charge in [0.2, 0.25) is 5.91 Å². The summed E-state index contributed by atoms with van der Waals surface area (Å²) in [5.41, 5.74) is 2.37. The van der Waals surface area contributed by atoms with Crippen molar-refractivity contribution < 1.29 is 19.4 Å². The van der Waals surface area contributed by atoms with Crippen LogP contribution in [0.25, 0.3) is 11.1 Å². The highest BCUT2D eigenvalue weighted by Gasteiger charge is 2.52. The maximum absolute atomic E-state index is 13.4. The molecular formula is C32H37N3O4. The zero-order valence-electron chi connectivity index (χ0n) is 23.1. The number of hydrogen-bond donors (Lipinski definition) is 2. The van der Waals surface area contributed by atoms with Crippen molar-refractivity contribution in [3.8, 4) is 11.1 Å². The number of amides is 2. The lowest BCUT2D eigenvalue weighted by Gasteiger charge is -2.45. The Morgan fingerprint density at radius 3 is 2.36 bits per heavy atom. The third kappa shape index (κ3) is 5.28. The van der Waals surface area contributed by atoms with Gasteiger partial charge in [-0.3, -0.25) is 9.78 Å². The molecule has 0 bridgehead atoms. The van der Waals surface area contributed by atoms with Gasteiger partial charge >= 0.3 is 6.09 Å². The average molecular weight is 528 g/mol. The third-order valence-corrected chi connectivity index (χ3v) is 8.15. The highest BCUT2D eigenvalue weighted by molar-refractivity contribution is 5.90. The van der Waals surface area contributed by atoms with Crippen molar-refractivity contribution in [3.05, 3.63) is 89.7 Å². The molecule has 1 aromatic heterocycles. The Kier molecular flexibility index (Phi) is 6.97. The number of nitrogens with one attached hydrogen (secondary N) is 1. The topological polar surface area (TPSA) is 91.8 Å². The second-order valence-corrected chi connectivity index (χ2v) is 11.5. The van der Waals surface area contributed by atoms with Crippen molar-refractivity contribution in [2.24, 2.45) is 0 Å². The number of carbonyl (C=O) groups is 2. The van der Waals surface area contributed by atoms with Crippen molar-refractivity contribution >= 4 is 12.0 Å². The van der Waals surface area contributed by atoms with Crippen LogP contribution in [0.15, 0.2) is 72.9 Å². The first-order valence-electron chi connectivity index (χ1n) is 13.6. The summed E-state index contributed by atoms with van der Waals surface area (Å²) in [5, 5.41) is 13.4. The molecule has 5 rings (SSSR count). The minimum absolute atomic E-state index is 0.0172. The van der Waals surface area contributed by atoms with E-state index in [-0.39, 0.29) is 18.0 Å². The molecule has 1 saturated carbocycles. The first-order valence-corrected chi connectivity index (χ1v) is 13.6. The van der Waals surface area contributed by atoms with Gasteiger partial charge in [0.15, 0.2) is 0 Å². The van der Waals surface area contributed by atoms with Crippen molar-refractivity contribution in [1.29, 1.82) is 0 Å². The Labute approximate surface area is 230 Å². The van der Waals surface area contributed by atoms with Crippen LogP contribution in [0.3, 0.4) is 0 Å². The van der Waals surface area contributed by atoms with Crippen LogP contribution in [-0.4, -0.2) is 46.2 Å². The molecule has 3 aromatic rings. The molecule has 2 amide bonds. The molecule has 0 unspecified atom stereocenters. The average Bonchev–Trinajstić information content (AvgIpc) is 3.74. The number of ether oxygens (including phenoxy) is 1. The lowest BCUT2D eigenvalue weighted by Crippen LogP contribution is -2.51. The molecule has 7 heteroatoms. The highest BCUT2D eigenvalue weighted by Crippen LogP contribution is 2.48. The number of cyclic esters (lactones) is 1. The van der Waals surface area contributed by atoms with E-state index in [1.807, 2.05) is 73.7 Å². The number of pyridine rings is 1. The maximum Gasteiger partial charge on any atom is 0.411 e. The zero-order chi connectivity index (χ0) is 27.8. The first kappa shape index (κ1) is 26.9. The summed E-state index contributed by atoms with van der Waals surface area (Å²) in [7, 11) is 1.67. The van der Waals surface area contributed by atoms with E-state index in [4.69, 9.17) is 4.74 Å². The van der Waals surface area contributed by atoms with Crippen LogP contribution in [0.5, 0.6) is 0 Å². The Hall–Kier alpha value is -3.71. The van der Waals surface area contributed by atoms with Crippen LogP contribution in [0.4, 0.5) is 4.79 Å². The molecule has 204 valence electrons. The fraction of sp³-hybridized carbons (Fsp3) is 0.406. The highest BCUT2D eigenvalue weighted by atomic mass is 16.6. The number of nitrogens with zero attached hydrogens (tertiary/aromatic N) is 2. The van der Waals surface area contributed by atoms with Gasteiger partial charge in [-0.2, -0.15) is 0 Å². The van der Waals surface area contributed by atoms with Gasteiger partial charge in [-0.25, -0.2) is 4.79 Å². The van der Waals surface area contributed by atoms with E-state index < -0.39 is 16.6 Å². The molecule has 39 heavy (non-hydrogen) atoms. The van der Waals surface area contributed by atoms with E-state index in [0.29, 0.717) is 19.4 Å². The van der Waals surface area contributed by atoms with Gasteiger partial charge in [0.25, 0.3) is 0 Å². The number of aliphatic hydroxyl groups is 1. The van der Waals surface area contributed by atoms with Gasteiger partial charge in [-0.15, -0.1) is 0 Å². The van der Waals surface area contributed by atoms with Gasteiger partial charge in [0, 0.05) is 32.6 Å². The Morgan fingerprint density at radius 1 is 1.08 bits per heavy atom. The Bertz CT molecular complexity index is 1350. The molecule has 1 saturated heterocycles. The molecule has 0 radical (unpaired) electrons. The number of likely N-dealkylation sites (N-methyl/N-ethyl adjacent to an activating group) is 1. The fourth-order valence-electron chi connectivity index (χ4n) is 5.86. The summed E-state index contributed by atoms with van der Waals surface area (Å²) in [6, 6.07) is 21.7. The van der Waals surface area contributed by atoms with Gasteiger partial charge < -0.3 is 20.1 Å². The molecular weight excluding hydrogens is 490 g/mol. The van der Waals surface area contributed by atoms with E-state index in [1.165, 1.54) is 0 Å². The van der Waals surface area contributed by atoms with E-state index in [2.05, 4.69) is 10.3 Å². The van der Waals surface area contributed by atoms with Crippen molar-refractivity contribution in [2.45, 2.75) is 69.1 Å². The second kappa shape index (κ2) is 10.1. The van der Waals surface area contributed by atoms with Crippen LogP contribution in [0.1, 0.15) is 69.3 Å². The molecule has 2 heterocycles. The lowest BCUT2D eigenvalue weighted by atomic mass is 9.80. The molecule has 2 aromatic carbocycles. The van der Waals surface area contributed by atoms with E-state index in [0.717, 1.165) is 40.8 Å². The van der Waals surface area contributed by atoms with Gasteiger partial charge in [-0.05, 0) is 68.0 Å². The fourth-order valence-corrected chi connectivity index (χ4v) is 5.86. The molecule has 2 N–H and O–H groups in total. The van der Waals surface area contributed by atoms with Crippen LogP contribution < -0.4 is 5.32 Å². The predicted octanol–water partition coefficient (Wildman–Crippen LogP) is 5.49. The second-order valence-electron chi connectivity index (χ2n) is 11.5. The maximum atomic E-state index is 13.4. The minimum Gasteiger partial charge on any atom is -0.438 e. The number of hydrogen-bond acceptors (Lipinski definition) is 5. The summed E-state index contributed by atoms with van der Waals surface area (Å²) < 4.78 is 6.15. The lowest BCUT2D eigenvalue weighted by molar-refractivity contribution is -0.123. The summed E-state index contributed by atoms with van der Waals surface area (Å²) in [5.74, 6) is 0.0172. The molecule has 0 spiro atoms. The van der Waals surface area contributed by atoms with Gasteiger partial charge in [0.1, 0.15) is 5.60 Å². The normalized spacial score (nSPS) is 21.2. The van der Waals surface area contributed by atoms with E-state index in [1.54, 1.807) is 32.0 Å².